The standard InChI is InChI=1S/C25H20F3N5O2/c26-25(27,28)19-7-5-18(6-8-19)21-14-33(32-31-21)22-13-20(30-23(22)24(34)35)17-3-1-15(2-4-17)16-9-11-29-12-10-16/h1-9,13-14,29-30H,10-12H2,(H,34,35). The molecule has 3 N–H and O–H groups in total. The van der Waals surface area contributed by atoms with Crippen molar-refractivity contribution in [2.45, 2.75) is 12.6 Å². The molecule has 1 aliphatic heterocycles. The van der Waals surface area contributed by atoms with Gasteiger partial charge in [-0.05, 0) is 47.9 Å². The van der Waals surface area contributed by atoms with E-state index in [0.717, 1.165) is 42.8 Å². The predicted molar refractivity (Wildman–Crippen MR) is 124 cm³/mol. The van der Waals surface area contributed by atoms with Crippen molar-refractivity contribution in [3.8, 4) is 28.2 Å². The zero-order chi connectivity index (χ0) is 24.6. The van der Waals surface area contributed by atoms with Gasteiger partial charge in [0.15, 0.2) is 5.69 Å². The normalized spacial score (nSPS) is 14.1. The molecule has 4 aromatic rings. The smallest absolute Gasteiger partial charge is 0.416 e. The quantitative estimate of drug-likeness (QED) is 0.374. The molecule has 2 aromatic carbocycles. The van der Waals surface area contributed by atoms with Gasteiger partial charge < -0.3 is 15.4 Å². The van der Waals surface area contributed by atoms with Gasteiger partial charge >= 0.3 is 12.1 Å². The van der Waals surface area contributed by atoms with E-state index < -0.39 is 17.7 Å². The molecule has 178 valence electrons. The van der Waals surface area contributed by atoms with Crippen LogP contribution in [-0.4, -0.2) is 44.1 Å². The Bertz CT molecular complexity index is 1400. The molecule has 5 rings (SSSR count). The van der Waals surface area contributed by atoms with Crippen LogP contribution in [0, 0.1) is 0 Å². The number of rotatable bonds is 5. The van der Waals surface area contributed by atoms with Crippen molar-refractivity contribution in [2.24, 2.45) is 0 Å². The topological polar surface area (TPSA) is 95.8 Å². The number of carbonyl (C=O) groups is 1. The number of benzene rings is 2. The molecule has 0 aliphatic carbocycles. The molecule has 0 atom stereocenters. The highest BCUT2D eigenvalue weighted by Gasteiger charge is 2.30. The summed E-state index contributed by atoms with van der Waals surface area (Å²) in [5, 5.41) is 21.0. The SMILES string of the molecule is O=C(O)c1[nH]c(-c2ccc(C3=CCNCC3)cc2)cc1-n1cc(-c2ccc(C(F)(F)F)cc2)nn1. The average molecular weight is 479 g/mol. The largest absolute Gasteiger partial charge is 0.477 e. The van der Waals surface area contributed by atoms with Gasteiger partial charge in [-0.1, -0.05) is 47.7 Å². The van der Waals surface area contributed by atoms with Crippen LogP contribution in [0.5, 0.6) is 0 Å². The molecule has 0 saturated heterocycles. The van der Waals surface area contributed by atoms with Gasteiger partial charge in [0.05, 0.1) is 17.4 Å². The maximum Gasteiger partial charge on any atom is 0.416 e. The van der Waals surface area contributed by atoms with Gasteiger partial charge in [-0.15, -0.1) is 5.10 Å². The summed E-state index contributed by atoms with van der Waals surface area (Å²) < 4.78 is 39.8. The lowest BCUT2D eigenvalue weighted by molar-refractivity contribution is -0.137. The molecule has 2 aromatic heterocycles. The first-order valence-corrected chi connectivity index (χ1v) is 10.9. The summed E-state index contributed by atoms with van der Waals surface area (Å²) in [6.07, 6.45) is 0.154. The molecule has 0 saturated carbocycles. The van der Waals surface area contributed by atoms with Crippen molar-refractivity contribution in [3.63, 3.8) is 0 Å². The lowest BCUT2D eigenvalue weighted by Crippen LogP contribution is -2.19. The van der Waals surface area contributed by atoms with Gasteiger partial charge in [-0.2, -0.15) is 13.2 Å². The van der Waals surface area contributed by atoms with Crippen molar-refractivity contribution in [1.29, 1.82) is 0 Å². The number of halogens is 3. The number of H-pyrrole nitrogens is 1. The van der Waals surface area contributed by atoms with Gasteiger partial charge in [-0.25, -0.2) is 9.48 Å². The first-order valence-electron chi connectivity index (χ1n) is 10.9. The molecule has 0 spiro atoms. The van der Waals surface area contributed by atoms with E-state index in [1.807, 2.05) is 24.3 Å². The Morgan fingerprint density at radius 3 is 2.31 bits per heavy atom. The molecular weight excluding hydrogens is 459 g/mol. The Kier molecular flexibility index (Phi) is 5.73. The van der Waals surface area contributed by atoms with E-state index in [0.29, 0.717) is 17.0 Å². The fourth-order valence-electron chi connectivity index (χ4n) is 4.04. The number of hydrogen-bond donors (Lipinski definition) is 3. The Morgan fingerprint density at radius 1 is 1.00 bits per heavy atom. The van der Waals surface area contributed by atoms with Crippen LogP contribution in [-0.2, 0) is 6.18 Å². The third kappa shape index (κ3) is 4.60. The monoisotopic (exact) mass is 479 g/mol. The highest BCUT2D eigenvalue weighted by atomic mass is 19.4. The van der Waals surface area contributed by atoms with Gasteiger partial charge in [-0.3, -0.25) is 0 Å². The van der Waals surface area contributed by atoms with Crippen LogP contribution in [0.4, 0.5) is 13.2 Å². The molecule has 35 heavy (non-hydrogen) atoms. The first kappa shape index (κ1) is 22.6. The number of aromatic carboxylic acids is 1. The number of nitrogens with one attached hydrogen (secondary N) is 2. The molecular formula is C25H20F3N5O2. The minimum atomic E-state index is -4.43. The number of carboxylic acids is 1. The summed E-state index contributed by atoms with van der Waals surface area (Å²) in [5.74, 6) is -1.17. The minimum Gasteiger partial charge on any atom is -0.477 e. The fraction of sp³-hybridized carbons (Fsp3) is 0.160. The Labute approximate surface area is 197 Å². The van der Waals surface area contributed by atoms with Crippen LogP contribution in [0.15, 0.2) is 66.9 Å². The van der Waals surface area contributed by atoms with Crippen LogP contribution in [0.25, 0.3) is 33.8 Å². The van der Waals surface area contributed by atoms with E-state index in [9.17, 15) is 23.1 Å². The van der Waals surface area contributed by atoms with E-state index in [-0.39, 0.29) is 11.4 Å². The van der Waals surface area contributed by atoms with Crippen LogP contribution >= 0.6 is 0 Å². The number of aromatic nitrogens is 4. The lowest BCUT2D eigenvalue weighted by Gasteiger charge is -2.14. The molecule has 0 bridgehead atoms. The molecule has 0 amide bonds. The van der Waals surface area contributed by atoms with Gasteiger partial charge in [0, 0.05) is 17.8 Å². The van der Waals surface area contributed by atoms with Crippen molar-refractivity contribution < 1.29 is 23.1 Å². The number of nitrogens with zero attached hydrogens (tertiary/aromatic N) is 3. The predicted octanol–water partition coefficient (Wildman–Crippen LogP) is 5.02. The zero-order valence-corrected chi connectivity index (χ0v) is 18.3. The third-order valence-electron chi connectivity index (χ3n) is 5.89. The fourth-order valence-corrected chi connectivity index (χ4v) is 4.04. The molecule has 1 aliphatic rings. The second-order valence-electron chi connectivity index (χ2n) is 8.13. The van der Waals surface area contributed by atoms with Crippen molar-refractivity contribution in [1.82, 2.24) is 25.3 Å². The minimum absolute atomic E-state index is 0.0750. The van der Waals surface area contributed by atoms with E-state index in [1.54, 1.807) is 6.07 Å². The first-order chi connectivity index (χ1) is 16.8. The molecule has 0 radical (unpaired) electrons. The van der Waals surface area contributed by atoms with Crippen LogP contribution in [0.3, 0.4) is 0 Å². The second-order valence-corrected chi connectivity index (χ2v) is 8.13. The third-order valence-corrected chi connectivity index (χ3v) is 5.89. The summed E-state index contributed by atoms with van der Waals surface area (Å²) in [4.78, 5) is 14.8. The molecule has 7 nitrogen and oxygen atoms in total. The number of carboxylic acid groups (broad SMARTS) is 1. The van der Waals surface area contributed by atoms with E-state index in [2.05, 4.69) is 26.7 Å². The second kappa shape index (κ2) is 8.88. The molecule has 0 unspecified atom stereocenters. The van der Waals surface area contributed by atoms with Crippen LogP contribution in [0.1, 0.15) is 28.0 Å². The molecule has 0 fully saturated rings. The van der Waals surface area contributed by atoms with Crippen molar-refractivity contribution in [3.05, 3.63) is 83.7 Å². The van der Waals surface area contributed by atoms with Crippen molar-refractivity contribution >= 4 is 11.5 Å². The van der Waals surface area contributed by atoms with Crippen molar-refractivity contribution in [2.75, 3.05) is 13.1 Å². The summed E-state index contributed by atoms with van der Waals surface area (Å²) in [7, 11) is 0. The Morgan fingerprint density at radius 2 is 1.69 bits per heavy atom. The Balaban J connectivity index is 1.44. The highest BCUT2D eigenvalue weighted by molar-refractivity contribution is 5.92. The summed E-state index contributed by atoms with van der Waals surface area (Å²) >= 11 is 0. The van der Waals surface area contributed by atoms with E-state index >= 15 is 0 Å². The maximum atomic E-state index is 12.8. The van der Waals surface area contributed by atoms with E-state index in [1.165, 1.54) is 28.6 Å². The lowest BCUT2D eigenvalue weighted by atomic mass is 9.98. The van der Waals surface area contributed by atoms with E-state index in [4.69, 9.17) is 0 Å². The van der Waals surface area contributed by atoms with Gasteiger partial charge in [0.25, 0.3) is 0 Å². The summed E-state index contributed by atoms with van der Waals surface area (Å²) in [6, 6.07) is 14.1. The van der Waals surface area contributed by atoms with Crippen LogP contribution < -0.4 is 5.32 Å². The number of hydrogen-bond acceptors (Lipinski definition) is 4. The summed E-state index contributed by atoms with van der Waals surface area (Å²) in [5.41, 5.74) is 3.97. The zero-order valence-electron chi connectivity index (χ0n) is 18.3. The van der Waals surface area contributed by atoms with Crippen LogP contribution in [0.2, 0.25) is 0 Å². The molecule has 10 heteroatoms. The van der Waals surface area contributed by atoms with Gasteiger partial charge in [0.1, 0.15) is 5.69 Å². The number of alkyl halides is 3. The average Bonchev–Trinajstić information content (AvgIpc) is 3.52. The molecule has 3 heterocycles. The Hall–Kier alpha value is -4.18. The maximum absolute atomic E-state index is 12.8. The highest BCUT2D eigenvalue weighted by Crippen LogP contribution is 2.31. The summed E-state index contributed by atoms with van der Waals surface area (Å²) in [6.45, 7) is 1.77. The number of aromatic amines is 1. The van der Waals surface area contributed by atoms with Gasteiger partial charge in [0.2, 0.25) is 0 Å².